The van der Waals surface area contributed by atoms with E-state index in [-0.39, 0.29) is 0 Å². The summed E-state index contributed by atoms with van der Waals surface area (Å²) >= 11 is 3.31. The molecule has 66 valence electrons. The lowest BCUT2D eigenvalue weighted by molar-refractivity contribution is 0.829. The summed E-state index contributed by atoms with van der Waals surface area (Å²) in [5, 5.41) is 4.26. The van der Waals surface area contributed by atoms with Crippen molar-refractivity contribution in [3.8, 4) is 5.82 Å². The molecule has 0 radical (unpaired) electrons. The topological polar surface area (TPSA) is 30.7 Å². The number of hydrogen-bond donors (Lipinski definition) is 0. The molecule has 0 bridgehead atoms. The zero-order valence-corrected chi connectivity index (χ0v) is 8.69. The van der Waals surface area contributed by atoms with Crippen LogP contribution in [0.15, 0.2) is 35.1 Å². The predicted octanol–water partition coefficient (Wildman–Crippen LogP) is 2.34. The van der Waals surface area contributed by atoms with E-state index < -0.39 is 0 Å². The highest BCUT2D eigenvalue weighted by atomic mass is 79.9. The molecule has 2 rings (SSSR count). The van der Waals surface area contributed by atoms with Gasteiger partial charge in [0, 0.05) is 6.20 Å². The maximum atomic E-state index is 4.27. The van der Waals surface area contributed by atoms with Crippen molar-refractivity contribution in [2.45, 2.75) is 6.92 Å². The molecule has 4 heteroatoms. The lowest BCUT2D eigenvalue weighted by Crippen LogP contribution is -1.97. The third kappa shape index (κ3) is 1.78. The Morgan fingerprint density at radius 3 is 2.77 bits per heavy atom. The molecule has 0 spiro atoms. The predicted molar refractivity (Wildman–Crippen MR) is 53.8 cm³/mol. The Kier molecular flexibility index (Phi) is 2.14. The first kappa shape index (κ1) is 8.44. The molecule has 0 aliphatic carbocycles. The summed E-state index contributed by atoms with van der Waals surface area (Å²) in [5.74, 6) is 0.822. The summed E-state index contributed by atoms with van der Waals surface area (Å²) in [6.07, 6.45) is 1.89. The minimum atomic E-state index is 0.818. The highest BCUT2D eigenvalue weighted by molar-refractivity contribution is 9.10. The molecule has 0 aliphatic heterocycles. The van der Waals surface area contributed by atoms with Gasteiger partial charge < -0.3 is 0 Å². The molecule has 2 aromatic rings. The number of aryl methyl sites for hydroxylation is 1. The van der Waals surface area contributed by atoms with Crippen LogP contribution in [0.3, 0.4) is 0 Å². The third-order valence-electron chi connectivity index (χ3n) is 1.66. The van der Waals surface area contributed by atoms with E-state index in [2.05, 4.69) is 26.0 Å². The number of aromatic nitrogens is 3. The molecule has 0 saturated heterocycles. The third-order valence-corrected chi connectivity index (χ3v) is 2.10. The van der Waals surface area contributed by atoms with Gasteiger partial charge in [-0.3, -0.25) is 0 Å². The number of nitrogens with zero attached hydrogens (tertiary/aromatic N) is 3. The average Bonchev–Trinajstić information content (AvgIpc) is 2.52. The largest absolute Gasteiger partial charge is 0.222 e. The number of hydrogen-bond acceptors (Lipinski definition) is 2. The molecule has 0 atom stereocenters. The van der Waals surface area contributed by atoms with Gasteiger partial charge in [0.15, 0.2) is 5.82 Å². The van der Waals surface area contributed by atoms with E-state index in [1.807, 2.05) is 37.4 Å². The van der Waals surface area contributed by atoms with Crippen LogP contribution in [0.2, 0.25) is 0 Å². The van der Waals surface area contributed by atoms with E-state index in [0.29, 0.717) is 0 Å². The van der Waals surface area contributed by atoms with E-state index in [1.165, 1.54) is 0 Å². The molecule has 0 fully saturated rings. The van der Waals surface area contributed by atoms with Gasteiger partial charge in [0.2, 0.25) is 0 Å². The van der Waals surface area contributed by atoms with Crippen LogP contribution in [0.4, 0.5) is 0 Å². The smallest absolute Gasteiger partial charge is 0.154 e. The van der Waals surface area contributed by atoms with E-state index in [9.17, 15) is 0 Å². The summed E-state index contributed by atoms with van der Waals surface area (Å²) < 4.78 is 2.57. The summed E-state index contributed by atoms with van der Waals surface area (Å²) in [7, 11) is 0. The number of rotatable bonds is 1. The first-order chi connectivity index (χ1) is 6.25. The standard InChI is InChI=1S/C9H8BrN3/c1-7-5-6-13(12-7)9-4-2-3-8(10)11-9/h2-6H,1H3. The normalized spacial score (nSPS) is 10.3. The van der Waals surface area contributed by atoms with Gasteiger partial charge in [0.1, 0.15) is 4.60 Å². The maximum absolute atomic E-state index is 4.27. The van der Waals surface area contributed by atoms with Crippen LogP contribution in [0.25, 0.3) is 5.82 Å². The summed E-state index contributed by atoms with van der Waals surface area (Å²) in [6, 6.07) is 7.68. The molecule has 3 nitrogen and oxygen atoms in total. The highest BCUT2D eigenvalue weighted by Crippen LogP contribution is 2.09. The Balaban J connectivity index is 2.46. The summed E-state index contributed by atoms with van der Waals surface area (Å²) in [4.78, 5) is 4.27. The molecule has 0 amide bonds. The summed E-state index contributed by atoms with van der Waals surface area (Å²) in [6.45, 7) is 1.95. The Bertz CT molecular complexity index is 422. The van der Waals surface area contributed by atoms with E-state index in [1.54, 1.807) is 4.68 Å². The monoisotopic (exact) mass is 237 g/mol. The van der Waals surface area contributed by atoms with E-state index in [0.717, 1.165) is 16.1 Å². The van der Waals surface area contributed by atoms with Crippen LogP contribution in [0.1, 0.15) is 5.69 Å². The van der Waals surface area contributed by atoms with Crippen molar-refractivity contribution in [3.63, 3.8) is 0 Å². The molecule has 0 N–H and O–H groups in total. The molecule has 0 aliphatic rings. The second-order valence-electron chi connectivity index (χ2n) is 2.72. The van der Waals surface area contributed by atoms with Crippen molar-refractivity contribution in [1.29, 1.82) is 0 Å². The molecule has 2 aromatic heterocycles. The van der Waals surface area contributed by atoms with Crippen molar-refractivity contribution >= 4 is 15.9 Å². The molecular weight excluding hydrogens is 230 g/mol. The Labute approximate surface area is 84.5 Å². The van der Waals surface area contributed by atoms with Gasteiger partial charge in [0.05, 0.1) is 5.69 Å². The second kappa shape index (κ2) is 3.30. The van der Waals surface area contributed by atoms with Gasteiger partial charge in [-0.25, -0.2) is 9.67 Å². The van der Waals surface area contributed by atoms with Gasteiger partial charge in [-0.15, -0.1) is 0 Å². The van der Waals surface area contributed by atoms with Crippen molar-refractivity contribution in [2.24, 2.45) is 0 Å². The lowest BCUT2D eigenvalue weighted by Gasteiger charge is -1.99. The molecule has 0 unspecified atom stereocenters. The fraction of sp³-hybridized carbons (Fsp3) is 0.111. The van der Waals surface area contributed by atoms with Crippen LogP contribution in [-0.2, 0) is 0 Å². The van der Waals surface area contributed by atoms with Crippen LogP contribution in [-0.4, -0.2) is 14.8 Å². The van der Waals surface area contributed by atoms with Crippen LogP contribution >= 0.6 is 15.9 Å². The molecule has 0 aromatic carbocycles. The van der Waals surface area contributed by atoms with Crippen LogP contribution in [0.5, 0.6) is 0 Å². The fourth-order valence-corrected chi connectivity index (χ4v) is 1.40. The van der Waals surface area contributed by atoms with Crippen molar-refractivity contribution < 1.29 is 0 Å². The van der Waals surface area contributed by atoms with Gasteiger partial charge in [-0.2, -0.15) is 5.10 Å². The number of pyridine rings is 1. The van der Waals surface area contributed by atoms with Gasteiger partial charge in [-0.1, -0.05) is 6.07 Å². The first-order valence-electron chi connectivity index (χ1n) is 3.91. The van der Waals surface area contributed by atoms with Crippen LogP contribution in [0, 0.1) is 6.92 Å². The Hall–Kier alpha value is -1.16. The summed E-state index contributed by atoms with van der Waals surface area (Å²) in [5.41, 5.74) is 0.988. The van der Waals surface area contributed by atoms with E-state index in [4.69, 9.17) is 0 Å². The first-order valence-corrected chi connectivity index (χ1v) is 4.70. The van der Waals surface area contributed by atoms with Gasteiger partial charge in [-0.05, 0) is 41.1 Å². The zero-order valence-electron chi connectivity index (χ0n) is 7.11. The Morgan fingerprint density at radius 1 is 1.31 bits per heavy atom. The molecular formula is C9H8BrN3. The molecule has 2 heterocycles. The van der Waals surface area contributed by atoms with Crippen molar-refractivity contribution in [3.05, 3.63) is 40.8 Å². The van der Waals surface area contributed by atoms with E-state index >= 15 is 0 Å². The van der Waals surface area contributed by atoms with Gasteiger partial charge >= 0.3 is 0 Å². The average molecular weight is 238 g/mol. The van der Waals surface area contributed by atoms with Crippen molar-refractivity contribution in [1.82, 2.24) is 14.8 Å². The van der Waals surface area contributed by atoms with Gasteiger partial charge in [0.25, 0.3) is 0 Å². The highest BCUT2D eigenvalue weighted by Gasteiger charge is 1.98. The minimum absolute atomic E-state index is 0.818. The molecule has 0 saturated carbocycles. The Morgan fingerprint density at radius 2 is 2.15 bits per heavy atom. The zero-order chi connectivity index (χ0) is 9.26. The van der Waals surface area contributed by atoms with Crippen LogP contribution < -0.4 is 0 Å². The van der Waals surface area contributed by atoms with Crippen molar-refractivity contribution in [2.75, 3.05) is 0 Å². The lowest BCUT2D eigenvalue weighted by atomic mass is 10.5. The minimum Gasteiger partial charge on any atom is -0.222 e. The number of halogens is 1. The molecule has 13 heavy (non-hydrogen) atoms. The quantitative estimate of drug-likeness (QED) is 0.714. The SMILES string of the molecule is Cc1ccn(-c2cccc(Br)n2)n1. The maximum Gasteiger partial charge on any atom is 0.154 e. The fourth-order valence-electron chi connectivity index (χ4n) is 1.07. The second-order valence-corrected chi connectivity index (χ2v) is 3.53.